The van der Waals surface area contributed by atoms with Crippen LogP contribution >= 0.6 is 0 Å². The number of rotatable bonds is 6. The summed E-state index contributed by atoms with van der Waals surface area (Å²) < 4.78 is 30.8. The van der Waals surface area contributed by atoms with Gasteiger partial charge in [0.15, 0.2) is 0 Å². The first-order chi connectivity index (χ1) is 9.63. The van der Waals surface area contributed by atoms with E-state index in [9.17, 15) is 8.42 Å². The van der Waals surface area contributed by atoms with Crippen molar-refractivity contribution in [3.05, 3.63) is 18.2 Å². The summed E-state index contributed by atoms with van der Waals surface area (Å²) in [6.45, 7) is 4.45. The van der Waals surface area contributed by atoms with Crippen LogP contribution in [0.5, 0.6) is 0 Å². The monoisotopic (exact) mass is 300 g/mol. The Kier molecular flexibility index (Phi) is 5.56. The van der Waals surface area contributed by atoms with Gasteiger partial charge in [-0.05, 0) is 19.3 Å². The van der Waals surface area contributed by atoms with Crippen molar-refractivity contribution in [2.75, 3.05) is 13.1 Å². The van der Waals surface area contributed by atoms with Crippen molar-refractivity contribution in [2.24, 2.45) is 0 Å². The minimum atomic E-state index is -3.38. The minimum Gasteiger partial charge on any atom is -0.334 e. The summed E-state index contributed by atoms with van der Waals surface area (Å²) in [4.78, 5) is 4.22. The van der Waals surface area contributed by atoms with Gasteiger partial charge in [0.05, 0.1) is 6.54 Å². The average Bonchev–Trinajstić information content (AvgIpc) is 2.69. The number of hydrogen-bond acceptors (Lipinski definition) is 3. The van der Waals surface area contributed by atoms with Crippen LogP contribution in [-0.4, -0.2) is 35.4 Å². The number of aryl methyl sites for hydroxylation is 1. The van der Waals surface area contributed by atoms with Gasteiger partial charge in [-0.2, -0.15) is 17.4 Å². The Morgan fingerprint density at radius 1 is 1.25 bits per heavy atom. The van der Waals surface area contributed by atoms with Crippen LogP contribution in [0.15, 0.2) is 12.4 Å². The first kappa shape index (κ1) is 15.5. The van der Waals surface area contributed by atoms with E-state index in [0.29, 0.717) is 13.1 Å². The van der Waals surface area contributed by atoms with E-state index in [4.69, 9.17) is 0 Å². The third kappa shape index (κ3) is 4.04. The van der Waals surface area contributed by atoms with E-state index in [0.717, 1.165) is 44.5 Å². The molecule has 0 atom stereocenters. The lowest BCUT2D eigenvalue weighted by Crippen LogP contribution is -2.41. The van der Waals surface area contributed by atoms with Gasteiger partial charge in [-0.15, -0.1) is 0 Å². The van der Waals surface area contributed by atoms with Crippen LogP contribution in [-0.2, 0) is 23.3 Å². The summed E-state index contributed by atoms with van der Waals surface area (Å²) in [5, 5.41) is 0. The minimum absolute atomic E-state index is 0.256. The predicted octanol–water partition coefficient (Wildman–Crippen LogP) is 1.50. The third-order valence-electron chi connectivity index (χ3n) is 3.58. The molecule has 1 saturated heterocycles. The molecule has 114 valence electrons. The van der Waals surface area contributed by atoms with Crippen LogP contribution < -0.4 is 4.72 Å². The van der Waals surface area contributed by atoms with Crippen molar-refractivity contribution in [1.82, 2.24) is 18.6 Å². The molecule has 0 amide bonds. The van der Waals surface area contributed by atoms with E-state index >= 15 is 0 Å². The van der Waals surface area contributed by atoms with Gasteiger partial charge in [-0.25, -0.2) is 4.98 Å². The van der Waals surface area contributed by atoms with E-state index < -0.39 is 10.2 Å². The lowest BCUT2D eigenvalue weighted by Gasteiger charge is -2.20. The Balaban J connectivity index is 1.95. The van der Waals surface area contributed by atoms with E-state index in [2.05, 4.69) is 16.6 Å². The largest absolute Gasteiger partial charge is 0.334 e. The molecule has 1 aliphatic rings. The second-order valence-corrected chi connectivity index (χ2v) is 6.93. The van der Waals surface area contributed by atoms with E-state index in [1.807, 2.05) is 10.8 Å². The first-order valence-corrected chi connectivity index (χ1v) is 8.82. The standard InChI is InChI=1S/C13H24N4O2S/c1-2-8-16-11-7-14-13(16)12-15-20(18,19)17-9-5-3-4-6-10-17/h7,11,15H,2-6,8-10,12H2,1H3. The van der Waals surface area contributed by atoms with Crippen LogP contribution in [0.25, 0.3) is 0 Å². The first-order valence-electron chi connectivity index (χ1n) is 7.38. The summed E-state index contributed by atoms with van der Waals surface area (Å²) in [7, 11) is -3.38. The van der Waals surface area contributed by atoms with E-state index in [-0.39, 0.29) is 6.54 Å². The Labute approximate surface area is 121 Å². The number of nitrogens with zero attached hydrogens (tertiary/aromatic N) is 3. The highest BCUT2D eigenvalue weighted by Crippen LogP contribution is 2.12. The van der Waals surface area contributed by atoms with Crippen molar-refractivity contribution in [3.63, 3.8) is 0 Å². The topological polar surface area (TPSA) is 67.2 Å². The van der Waals surface area contributed by atoms with Gasteiger partial charge in [0.2, 0.25) is 0 Å². The van der Waals surface area contributed by atoms with Gasteiger partial charge in [0.1, 0.15) is 5.82 Å². The van der Waals surface area contributed by atoms with Crippen molar-refractivity contribution >= 4 is 10.2 Å². The average molecular weight is 300 g/mol. The summed E-state index contributed by atoms with van der Waals surface area (Å²) in [5.74, 6) is 0.769. The molecule has 7 heteroatoms. The molecule has 0 aromatic carbocycles. The van der Waals surface area contributed by atoms with Crippen molar-refractivity contribution in [2.45, 2.75) is 52.1 Å². The molecule has 0 aliphatic carbocycles. The number of hydrogen-bond donors (Lipinski definition) is 1. The highest BCUT2D eigenvalue weighted by Gasteiger charge is 2.22. The lowest BCUT2D eigenvalue weighted by atomic mass is 10.2. The fourth-order valence-electron chi connectivity index (χ4n) is 2.48. The molecule has 1 aliphatic heterocycles. The van der Waals surface area contributed by atoms with Crippen LogP contribution in [0.2, 0.25) is 0 Å². The maximum atomic E-state index is 12.3. The summed E-state index contributed by atoms with van der Waals surface area (Å²) in [6.07, 6.45) is 8.74. The molecule has 0 saturated carbocycles. The van der Waals surface area contributed by atoms with Gasteiger partial charge >= 0.3 is 0 Å². The third-order valence-corrected chi connectivity index (χ3v) is 5.14. The molecule has 2 rings (SSSR count). The smallest absolute Gasteiger partial charge is 0.279 e. The second kappa shape index (κ2) is 7.19. The Hall–Kier alpha value is -0.920. The van der Waals surface area contributed by atoms with Gasteiger partial charge in [0.25, 0.3) is 10.2 Å². The molecule has 6 nitrogen and oxygen atoms in total. The highest BCUT2D eigenvalue weighted by molar-refractivity contribution is 7.87. The van der Waals surface area contributed by atoms with Gasteiger partial charge in [-0.3, -0.25) is 0 Å². The number of aromatic nitrogens is 2. The molecule has 1 aromatic heterocycles. The van der Waals surface area contributed by atoms with Crippen molar-refractivity contribution < 1.29 is 8.42 Å². The summed E-state index contributed by atoms with van der Waals surface area (Å²) in [6, 6.07) is 0. The number of nitrogens with one attached hydrogen (secondary N) is 1. The predicted molar refractivity (Wildman–Crippen MR) is 78.3 cm³/mol. The zero-order chi connectivity index (χ0) is 14.4. The Morgan fingerprint density at radius 3 is 2.60 bits per heavy atom. The second-order valence-electron chi connectivity index (χ2n) is 5.18. The molecule has 0 spiro atoms. The van der Waals surface area contributed by atoms with Gasteiger partial charge < -0.3 is 4.57 Å². The van der Waals surface area contributed by atoms with E-state index in [1.54, 1.807) is 10.5 Å². The maximum absolute atomic E-state index is 12.3. The van der Waals surface area contributed by atoms with Gasteiger partial charge in [0, 0.05) is 32.0 Å². The highest BCUT2D eigenvalue weighted by atomic mass is 32.2. The molecule has 2 heterocycles. The molecular weight excluding hydrogens is 276 g/mol. The normalized spacial score (nSPS) is 18.1. The summed E-state index contributed by atoms with van der Waals surface area (Å²) in [5.41, 5.74) is 0. The van der Waals surface area contributed by atoms with E-state index in [1.165, 1.54) is 0 Å². The molecule has 1 aromatic rings. The molecule has 1 fully saturated rings. The molecule has 0 radical (unpaired) electrons. The Bertz CT molecular complexity index is 504. The molecular formula is C13H24N4O2S. The molecule has 0 unspecified atom stereocenters. The number of imidazole rings is 1. The zero-order valence-corrected chi connectivity index (χ0v) is 12.9. The van der Waals surface area contributed by atoms with Crippen LogP contribution in [0.3, 0.4) is 0 Å². The fourth-order valence-corrected chi connectivity index (χ4v) is 3.71. The SMILES string of the molecule is CCCn1ccnc1CNS(=O)(=O)N1CCCCCC1. The van der Waals surface area contributed by atoms with Crippen LogP contribution in [0, 0.1) is 0 Å². The van der Waals surface area contributed by atoms with Crippen LogP contribution in [0.4, 0.5) is 0 Å². The quantitative estimate of drug-likeness (QED) is 0.866. The lowest BCUT2D eigenvalue weighted by molar-refractivity contribution is 0.413. The van der Waals surface area contributed by atoms with Crippen molar-refractivity contribution in [1.29, 1.82) is 0 Å². The molecule has 1 N–H and O–H groups in total. The van der Waals surface area contributed by atoms with Crippen LogP contribution in [0.1, 0.15) is 44.9 Å². The fraction of sp³-hybridized carbons (Fsp3) is 0.769. The summed E-state index contributed by atoms with van der Waals surface area (Å²) >= 11 is 0. The molecule has 20 heavy (non-hydrogen) atoms. The van der Waals surface area contributed by atoms with Gasteiger partial charge in [-0.1, -0.05) is 19.8 Å². The van der Waals surface area contributed by atoms with Crippen molar-refractivity contribution in [3.8, 4) is 0 Å². The molecule has 0 bridgehead atoms. The maximum Gasteiger partial charge on any atom is 0.279 e. The Morgan fingerprint density at radius 2 is 1.95 bits per heavy atom. The zero-order valence-electron chi connectivity index (χ0n) is 12.1.